The maximum absolute atomic E-state index is 14.0. The predicted molar refractivity (Wildman–Crippen MR) is 170 cm³/mol. The van der Waals surface area contributed by atoms with E-state index in [0.29, 0.717) is 30.5 Å². The summed E-state index contributed by atoms with van der Waals surface area (Å²) in [5.41, 5.74) is 1.52. The number of nitrogens with zero attached hydrogens (tertiary/aromatic N) is 1. The summed E-state index contributed by atoms with van der Waals surface area (Å²) >= 11 is 1.43. The molecule has 1 aliphatic heterocycles. The molecule has 1 amide bonds. The van der Waals surface area contributed by atoms with Crippen LogP contribution in [0.4, 0.5) is 0 Å². The first-order chi connectivity index (χ1) is 20.5. The predicted octanol–water partition coefficient (Wildman–Crippen LogP) is 6.44. The lowest BCUT2D eigenvalue weighted by atomic mass is 9.78. The van der Waals surface area contributed by atoms with Gasteiger partial charge in [-0.1, -0.05) is 74.5 Å². The van der Waals surface area contributed by atoms with Crippen LogP contribution in [-0.4, -0.2) is 44.9 Å². The van der Waals surface area contributed by atoms with Crippen LogP contribution >= 0.6 is 11.3 Å². The molecule has 1 saturated heterocycles. The lowest BCUT2D eigenvalue weighted by molar-refractivity contribution is -0.141. The van der Waals surface area contributed by atoms with E-state index in [1.54, 1.807) is 23.1 Å². The molecule has 1 unspecified atom stereocenters. The lowest BCUT2D eigenvalue weighted by Gasteiger charge is -2.34. The van der Waals surface area contributed by atoms with Crippen molar-refractivity contribution in [2.24, 2.45) is 5.92 Å². The number of rotatable bonds is 10. The van der Waals surface area contributed by atoms with Crippen LogP contribution in [0.1, 0.15) is 62.1 Å². The molecule has 43 heavy (non-hydrogen) atoms. The number of fused-ring (bicyclic) bond motifs is 1. The van der Waals surface area contributed by atoms with E-state index in [2.05, 4.69) is 18.6 Å². The Morgan fingerprint density at radius 1 is 0.953 bits per heavy atom. The summed E-state index contributed by atoms with van der Waals surface area (Å²) in [6.07, 6.45) is 2.30. The van der Waals surface area contributed by atoms with E-state index in [4.69, 9.17) is 4.74 Å². The van der Waals surface area contributed by atoms with Crippen molar-refractivity contribution in [2.45, 2.75) is 56.4 Å². The van der Waals surface area contributed by atoms with Gasteiger partial charge < -0.3 is 9.64 Å². The zero-order valence-corrected chi connectivity index (χ0v) is 26.4. The third kappa shape index (κ3) is 7.17. The van der Waals surface area contributed by atoms with E-state index in [0.717, 1.165) is 40.5 Å². The number of amides is 1. The van der Waals surface area contributed by atoms with Gasteiger partial charge in [0, 0.05) is 35.0 Å². The van der Waals surface area contributed by atoms with Gasteiger partial charge in [-0.25, -0.2) is 8.42 Å². The van der Waals surface area contributed by atoms with Gasteiger partial charge in [-0.2, -0.15) is 4.72 Å². The minimum Gasteiger partial charge on any atom is -0.466 e. The summed E-state index contributed by atoms with van der Waals surface area (Å²) in [6.45, 7) is 6.96. The Balaban J connectivity index is 1.40. The van der Waals surface area contributed by atoms with Crippen LogP contribution in [0.2, 0.25) is 0 Å². The molecule has 226 valence electrons. The third-order valence-electron chi connectivity index (χ3n) is 8.37. The van der Waals surface area contributed by atoms with Crippen molar-refractivity contribution in [1.29, 1.82) is 0 Å². The molecule has 0 spiro atoms. The SMILES string of the molecule is CC(=O)OCCC1CCN(C(=O)C(NS(=O)(=O)c2cccc(C(C)(C)c3ccccc3)c2)c2cc3ccccc3s2)CC1. The molecule has 1 aromatic heterocycles. The fraction of sp³-hybridized carbons (Fsp3) is 0.353. The van der Waals surface area contributed by atoms with E-state index in [-0.39, 0.29) is 16.8 Å². The summed E-state index contributed by atoms with van der Waals surface area (Å²) < 4.78 is 36.8. The normalized spacial score (nSPS) is 15.4. The minimum atomic E-state index is -4.06. The molecule has 0 aliphatic carbocycles. The molecule has 0 radical (unpaired) electrons. The van der Waals surface area contributed by atoms with Crippen LogP contribution in [0.25, 0.3) is 10.1 Å². The molecule has 1 atom stereocenters. The van der Waals surface area contributed by atoms with Gasteiger partial charge in [0.05, 0.1) is 11.5 Å². The van der Waals surface area contributed by atoms with E-state index in [1.165, 1.54) is 18.3 Å². The number of benzene rings is 3. The summed E-state index contributed by atoms with van der Waals surface area (Å²) in [4.78, 5) is 27.7. The third-order valence-corrected chi connectivity index (χ3v) is 11.0. The first kappa shape index (κ1) is 30.9. The zero-order chi connectivity index (χ0) is 30.6. The minimum absolute atomic E-state index is 0.122. The molecular weight excluding hydrogens is 581 g/mol. The van der Waals surface area contributed by atoms with Crippen LogP contribution < -0.4 is 4.72 Å². The quantitative estimate of drug-likeness (QED) is 0.207. The number of sulfonamides is 1. The standard InChI is InChI=1S/C34H38N2O5S2/c1-24(37)41-21-18-25-16-19-36(20-17-25)33(38)32(31-22-26-10-7-8-15-30(26)42-31)35-43(39,40)29-14-9-13-28(23-29)34(2,3)27-11-5-4-6-12-27/h4-15,22-23,25,32,35H,16-21H2,1-3H3. The van der Waals surface area contributed by atoms with E-state index >= 15 is 0 Å². The van der Waals surface area contributed by atoms with Crippen molar-refractivity contribution in [3.8, 4) is 0 Å². The molecule has 0 bridgehead atoms. The van der Waals surface area contributed by atoms with Crippen LogP contribution in [0, 0.1) is 5.92 Å². The Kier molecular flexibility index (Phi) is 9.34. The molecule has 7 nitrogen and oxygen atoms in total. The molecule has 2 heterocycles. The Morgan fingerprint density at radius 2 is 1.63 bits per heavy atom. The lowest BCUT2D eigenvalue weighted by Crippen LogP contribution is -2.46. The van der Waals surface area contributed by atoms with Gasteiger partial charge >= 0.3 is 5.97 Å². The molecule has 3 aromatic carbocycles. The molecule has 5 rings (SSSR count). The van der Waals surface area contributed by atoms with Gasteiger partial charge in [0.25, 0.3) is 0 Å². The van der Waals surface area contributed by atoms with Gasteiger partial charge in [0.1, 0.15) is 6.04 Å². The smallest absolute Gasteiger partial charge is 0.302 e. The maximum atomic E-state index is 14.0. The molecule has 9 heteroatoms. The van der Waals surface area contributed by atoms with Crippen LogP contribution in [-0.2, 0) is 29.8 Å². The first-order valence-electron chi connectivity index (χ1n) is 14.6. The summed E-state index contributed by atoms with van der Waals surface area (Å²) in [5.74, 6) is -0.201. The molecule has 4 aromatic rings. The zero-order valence-electron chi connectivity index (χ0n) is 24.8. The number of esters is 1. The van der Waals surface area contributed by atoms with Crippen LogP contribution in [0.5, 0.6) is 0 Å². The van der Waals surface area contributed by atoms with Crippen molar-refractivity contribution >= 4 is 43.3 Å². The molecule has 1 N–H and O–H groups in total. The van der Waals surface area contributed by atoms with Gasteiger partial charge in [0.2, 0.25) is 15.9 Å². The highest BCUT2D eigenvalue weighted by atomic mass is 32.2. The van der Waals surface area contributed by atoms with E-state index in [1.807, 2.05) is 66.7 Å². The number of likely N-dealkylation sites (tertiary alicyclic amines) is 1. The average molecular weight is 619 g/mol. The number of hydrogen-bond acceptors (Lipinski definition) is 6. The van der Waals surface area contributed by atoms with E-state index in [9.17, 15) is 18.0 Å². The van der Waals surface area contributed by atoms with Crippen molar-refractivity contribution in [1.82, 2.24) is 9.62 Å². The molecule has 0 saturated carbocycles. The Bertz CT molecular complexity index is 1660. The summed E-state index contributed by atoms with van der Waals surface area (Å²) in [7, 11) is -4.06. The van der Waals surface area contributed by atoms with Crippen molar-refractivity contribution in [3.05, 3.63) is 101 Å². The second-order valence-corrected chi connectivity index (χ2v) is 14.5. The van der Waals surface area contributed by atoms with Gasteiger partial charge in [-0.05, 0) is 66.0 Å². The number of nitrogens with one attached hydrogen (secondary N) is 1. The number of carbonyl (C=O) groups is 2. The Labute approximate surface area is 257 Å². The largest absolute Gasteiger partial charge is 0.466 e. The fourth-order valence-electron chi connectivity index (χ4n) is 5.67. The monoisotopic (exact) mass is 618 g/mol. The fourth-order valence-corrected chi connectivity index (χ4v) is 8.06. The first-order valence-corrected chi connectivity index (χ1v) is 16.9. The van der Waals surface area contributed by atoms with Gasteiger partial charge in [-0.3, -0.25) is 9.59 Å². The second kappa shape index (κ2) is 13.0. The number of thiophene rings is 1. The van der Waals surface area contributed by atoms with Crippen molar-refractivity contribution < 1.29 is 22.7 Å². The highest BCUT2D eigenvalue weighted by Gasteiger charge is 2.34. The maximum Gasteiger partial charge on any atom is 0.302 e. The van der Waals surface area contributed by atoms with Crippen molar-refractivity contribution in [2.75, 3.05) is 19.7 Å². The van der Waals surface area contributed by atoms with Crippen LogP contribution in [0.15, 0.2) is 89.8 Å². The van der Waals surface area contributed by atoms with Gasteiger partial charge in [-0.15, -0.1) is 11.3 Å². The highest BCUT2D eigenvalue weighted by molar-refractivity contribution is 7.89. The number of carbonyl (C=O) groups excluding carboxylic acids is 2. The molecule has 1 fully saturated rings. The van der Waals surface area contributed by atoms with Crippen molar-refractivity contribution in [3.63, 3.8) is 0 Å². The number of piperidine rings is 1. The topological polar surface area (TPSA) is 92.8 Å². The second-order valence-electron chi connectivity index (χ2n) is 11.7. The van der Waals surface area contributed by atoms with E-state index < -0.39 is 21.5 Å². The Morgan fingerprint density at radius 3 is 2.33 bits per heavy atom. The number of ether oxygens (including phenoxy) is 1. The average Bonchev–Trinajstić information content (AvgIpc) is 3.44. The molecular formula is C34H38N2O5S2. The number of hydrogen-bond donors (Lipinski definition) is 1. The Hall–Kier alpha value is -3.53. The highest BCUT2D eigenvalue weighted by Crippen LogP contribution is 2.35. The van der Waals surface area contributed by atoms with Crippen LogP contribution in [0.3, 0.4) is 0 Å². The summed E-state index contributed by atoms with van der Waals surface area (Å²) in [6, 6.07) is 25.6. The molecule has 1 aliphatic rings. The summed E-state index contributed by atoms with van der Waals surface area (Å²) in [5, 5.41) is 0.968. The van der Waals surface area contributed by atoms with Gasteiger partial charge in [0.15, 0.2) is 0 Å².